The third kappa shape index (κ3) is 1.73. The van der Waals surface area contributed by atoms with Crippen LogP contribution in [0.1, 0.15) is 0 Å². The summed E-state index contributed by atoms with van der Waals surface area (Å²) < 4.78 is 2.09. The maximum atomic E-state index is 4.43. The third-order valence-corrected chi connectivity index (χ3v) is 2.45. The molecule has 2 rings (SSSR count). The highest BCUT2D eigenvalue weighted by molar-refractivity contribution is 5.59. The summed E-state index contributed by atoms with van der Waals surface area (Å²) in [7, 11) is 6.07. The molecule has 0 spiro atoms. The maximum absolute atomic E-state index is 4.43. The number of hydrogen-bond donors (Lipinski definition) is 0. The highest BCUT2D eigenvalue weighted by Crippen LogP contribution is 2.21. The highest BCUT2D eigenvalue weighted by Gasteiger charge is 2.08. The molecule has 2 aromatic rings. The van der Waals surface area contributed by atoms with Gasteiger partial charge in [0.15, 0.2) is 0 Å². The molecule has 0 unspecified atom stereocenters. The summed E-state index contributed by atoms with van der Waals surface area (Å²) in [6, 6.07) is 10.2. The Morgan fingerprint density at radius 1 is 1.13 bits per heavy atom. The van der Waals surface area contributed by atoms with Crippen molar-refractivity contribution in [2.45, 2.75) is 0 Å². The molecule has 0 atom stereocenters. The summed E-state index contributed by atoms with van der Waals surface area (Å²) >= 11 is 0. The van der Waals surface area contributed by atoms with Crippen molar-refractivity contribution >= 4 is 5.82 Å². The van der Waals surface area contributed by atoms with Crippen LogP contribution < -0.4 is 4.90 Å². The predicted octanol–water partition coefficient (Wildman–Crippen LogP) is 2.15. The van der Waals surface area contributed by atoms with Crippen molar-refractivity contribution in [3.8, 4) is 11.4 Å². The van der Waals surface area contributed by atoms with Crippen LogP contribution in [0.2, 0.25) is 0 Å². The molecule has 0 saturated heterocycles. The van der Waals surface area contributed by atoms with Gasteiger partial charge < -0.3 is 9.47 Å². The van der Waals surface area contributed by atoms with Gasteiger partial charge in [0, 0.05) is 26.7 Å². The van der Waals surface area contributed by atoms with Crippen molar-refractivity contribution in [3.63, 3.8) is 0 Å². The fourth-order valence-corrected chi connectivity index (χ4v) is 1.67. The van der Waals surface area contributed by atoms with Crippen molar-refractivity contribution in [2.24, 2.45) is 7.05 Å². The lowest BCUT2D eigenvalue weighted by Crippen LogP contribution is -2.12. The van der Waals surface area contributed by atoms with Gasteiger partial charge in [-0.25, -0.2) is 4.98 Å². The Morgan fingerprint density at radius 3 is 2.33 bits per heavy atom. The van der Waals surface area contributed by atoms with Crippen molar-refractivity contribution in [3.05, 3.63) is 36.5 Å². The van der Waals surface area contributed by atoms with Gasteiger partial charge in [0.05, 0.1) is 6.20 Å². The summed E-state index contributed by atoms with van der Waals surface area (Å²) in [4.78, 5) is 6.48. The maximum Gasteiger partial charge on any atom is 0.141 e. The Bertz CT molecular complexity index is 443. The van der Waals surface area contributed by atoms with E-state index in [1.54, 1.807) is 0 Å². The molecule has 0 amide bonds. The van der Waals surface area contributed by atoms with E-state index in [1.807, 2.05) is 45.5 Å². The largest absolute Gasteiger partial charge is 0.363 e. The lowest BCUT2D eigenvalue weighted by Gasteiger charge is -2.13. The molecule has 0 fully saturated rings. The van der Waals surface area contributed by atoms with Gasteiger partial charge in [-0.2, -0.15) is 0 Å². The predicted molar refractivity (Wildman–Crippen MR) is 63.0 cm³/mol. The molecule has 15 heavy (non-hydrogen) atoms. The van der Waals surface area contributed by atoms with Gasteiger partial charge in [0.1, 0.15) is 11.6 Å². The third-order valence-electron chi connectivity index (χ3n) is 2.45. The van der Waals surface area contributed by atoms with Crippen molar-refractivity contribution in [2.75, 3.05) is 19.0 Å². The molecule has 0 aliphatic heterocycles. The quantitative estimate of drug-likeness (QED) is 0.742. The number of anilines is 1. The molecule has 1 aromatic carbocycles. The molecule has 3 nitrogen and oxygen atoms in total. The van der Waals surface area contributed by atoms with Gasteiger partial charge in [0.2, 0.25) is 0 Å². The highest BCUT2D eigenvalue weighted by atomic mass is 15.2. The van der Waals surface area contributed by atoms with E-state index in [2.05, 4.69) is 26.6 Å². The Labute approximate surface area is 90.0 Å². The molecule has 0 saturated carbocycles. The zero-order valence-electron chi connectivity index (χ0n) is 9.31. The minimum Gasteiger partial charge on any atom is -0.363 e. The van der Waals surface area contributed by atoms with E-state index < -0.39 is 0 Å². The average Bonchev–Trinajstić information content (AvgIpc) is 2.61. The molecular formula is C12H15N3. The lowest BCUT2D eigenvalue weighted by atomic mass is 10.2. The Morgan fingerprint density at radius 2 is 1.80 bits per heavy atom. The smallest absolute Gasteiger partial charge is 0.141 e. The minimum atomic E-state index is 0.999. The fraction of sp³-hybridized carbons (Fsp3) is 0.250. The number of hydrogen-bond acceptors (Lipinski definition) is 2. The summed E-state index contributed by atoms with van der Waals surface area (Å²) in [5, 5.41) is 0. The Balaban J connectivity index is 2.47. The summed E-state index contributed by atoms with van der Waals surface area (Å²) in [6.45, 7) is 0. The minimum absolute atomic E-state index is 0.999. The molecule has 0 N–H and O–H groups in total. The van der Waals surface area contributed by atoms with Crippen molar-refractivity contribution in [1.82, 2.24) is 9.55 Å². The zero-order chi connectivity index (χ0) is 10.8. The van der Waals surface area contributed by atoms with Crippen LogP contribution in [0, 0.1) is 0 Å². The van der Waals surface area contributed by atoms with Crippen LogP contribution >= 0.6 is 0 Å². The summed E-state index contributed by atoms with van der Waals surface area (Å²) in [5.41, 5.74) is 1.15. The first kappa shape index (κ1) is 9.77. The number of nitrogens with zero attached hydrogens (tertiary/aromatic N) is 3. The monoisotopic (exact) mass is 201 g/mol. The zero-order valence-corrected chi connectivity index (χ0v) is 9.31. The van der Waals surface area contributed by atoms with Gasteiger partial charge >= 0.3 is 0 Å². The molecule has 0 bridgehead atoms. The number of benzene rings is 1. The SMILES string of the molecule is CN(C)c1cnc(-c2ccccc2)n1C. The number of aromatic nitrogens is 2. The normalized spacial score (nSPS) is 10.3. The molecule has 0 aliphatic rings. The fourth-order valence-electron chi connectivity index (χ4n) is 1.67. The number of rotatable bonds is 2. The lowest BCUT2D eigenvalue weighted by molar-refractivity contribution is 0.887. The first-order valence-electron chi connectivity index (χ1n) is 4.94. The van der Waals surface area contributed by atoms with Gasteiger partial charge in [-0.15, -0.1) is 0 Å². The molecule has 0 aliphatic carbocycles. The topological polar surface area (TPSA) is 21.1 Å². The van der Waals surface area contributed by atoms with Crippen LogP contribution in [-0.4, -0.2) is 23.6 Å². The van der Waals surface area contributed by atoms with Gasteiger partial charge in [0.25, 0.3) is 0 Å². The van der Waals surface area contributed by atoms with Gasteiger partial charge in [-0.05, 0) is 0 Å². The molecule has 78 valence electrons. The van der Waals surface area contributed by atoms with E-state index in [0.29, 0.717) is 0 Å². The number of imidazole rings is 1. The van der Waals surface area contributed by atoms with Gasteiger partial charge in [-0.3, -0.25) is 0 Å². The molecule has 3 heteroatoms. The summed E-state index contributed by atoms with van der Waals surface area (Å²) in [6.07, 6.45) is 1.89. The Kier molecular flexibility index (Phi) is 2.46. The van der Waals surface area contributed by atoms with E-state index in [0.717, 1.165) is 17.2 Å². The van der Waals surface area contributed by atoms with Crippen molar-refractivity contribution < 1.29 is 0 Å². The molecule has 1 heterocycles. The Hall–Kier alpha value is -1.77. The standard InChI is InChI=1S/C12H15N3/c1-14(2)11-9-13-12(15(11)3)10-7-5-4-6-8-10/h4-9H,1-3H3. The molecule has 0 radical (unpaired) electrons. The van der Waals surface area contributed by atoms with Crippen LogP contribution in [0.25, 0.3) is 11.4 Å². The van der Waals surface area contributed by atoms with E-state index >= 15 is 0 Å². The second kappa shape index (κ2) is 3.77. The molecular weight excluding hydrogens is 186 g/mol. The van der Waals surface area contributed by atoms with Crippen LogP contribution in [0.4, 0.5) is 5.82 Å². The average molecular weight is 201 g/mol. The van der Waals surface area contributed by atoms with E-state index in [4.69, 9.17) is 0 Å². The summed E-state index contributed by atoms with van der Waals surface area (Å²) in [5.74, 6) is 2.10. The van der Waals surface area contributed by atoms with Crippen molar-refractivity contribution in [1.29, 1.82) is 0 Å². The van der Waals surface area contributed by atoms with Crippen LogP contribution in [0.3, 0.4) is 0 Å². The van der Waals surface area contributed by atoms with Crippen LogP contribution in [0.15, 0.2) is 36.5 Å². The van der Waals surface area contributed by atoms with Crippen LogP contribution in [-0.2, 0) is 7.05 Å². The van der Waals surface area contributed by atoms with E-state index in [1.165, 1.54) is 0 Å². The van der Waals surface area contributed by atoms with Crippen LogP contribution in [0.5, 0.6) is 0 Å². The first-order chi connectivity index (χ1) is 7.20. The van der Waals surface area contributed by atoms with E-state index in [9.17, 15) is 0 Å². The second-order valence-corrected chi connectivity index (χ2v) is 3.76. The van der Waals surface area contributed by atoms with E-state index in [-0.39, 0.29) is 0 Å². The van der Waals surface area contributed by atoms with Gasteiger partial charge in [-0.1, -0.05) is 30.3 Å². The second-order valence-electron chi connectivity index (χ2n) is 3.76. The first-order valence-corrected chi connectivity index (χ1v) is 4.94. The molecule has 1 aromatic heterocycles.